The first-order valence-corrected chi connectivity index (χ1v) is 14.0. The molecule has 0 aliphatic heterocycles. The van der Waals surface area contributed by atoms with Crippen molar-refractivity contribution in [3.8, 4) is 16.9 Å². The molecule has 0 atom stereocenters. The molecule has 198 valence electrons. The van der Waals surface area contributed by atoms with Gasteiger partial charge in [-0.15, -0.1) is 0 Å². The summed E-state index contributed by atoms with van der Waals surface area (Å²) in [4.78, 5) is 15.1. The van der Waals surface area contributed by atoms with E-state index in [1.165, 1.54) is 11.8 Å². The number of aromatic nitrogens is 2. The van der Waals surface area contributed by atoms with Crippen LogP contribution in [-0.4, -0.2) is 20.6 Å². The first-order valence-electron chi connectivity index (χ1n) is 13.2. The third-order valence-corrected chi connectivity index (χ3v) is 7.53. The summed E-state index contributed by atoms with van der Waals surface area (Å²) in [6.45, 7) is 0. The summed E-state index contributed by atoms with van der Waals surface area (Å²) in [6, 6.07) is 48.9. The van der Waals surface area contributed by atoms with Gasteiger partial charge in [-0.25, -0.2) is 4.68 Å². The molecular weight excluding hydrogens is 524 g/mol. The van der Waals surface area contributed by atoms with Gasteiger partial charge < -0.3 is 0 Å². The second kappa shape index (κ2) is 12.3. The number of nitrogens with one attached hydrogen (secondary N) is 1. The Kier molecular flexibility index (Phi) is 7.83. The number of benzene rings is 5. The quantitative estimate of drug-likeness (QED) is 0.0680. The van der Waals surface area contributed by atoms with Crippen LogP contribution in [0.1, 0.15) is 21.6 Å². The molecule has 1 aromatic heterocycles. The molecule has 6 heteroatoms. The lowest BCUT2D eigenvalue weighted by Crippen LogP contribution is -2.11. The number of hydrogen-bond acceptors (Lipinski definition) is 5. The normalized spacial score (nSPS) is 11.3. The fraction of sp³-hybridized carbons (Fsp3) is 0. The van der Waals surface area contributed by atoms with Crippen LogP contribution >= 0.6 is 11.8 Å². The molecule has 1 N–H and O–H groups in total. The largest absolute Gasteiger partial charge is 0.287 e. The van der Waals surface area contributed by atoms with Crippen LogP contribution in [-0.2, 0) is 0 Å². The maximum atomic E-state index is 14.3. The Balaban J connectivity index is 1.40. The van der Waals surface area contributed by atoms with Crippen LogP contribution in [0.15, 0.2) is 162 Å². The summed E-state index contributed by atoms with van der Waals surface area (Å²) in [6.07, 6.45) is 0. The highest BCUT2D eigenvalue weighted by atomic mass is 32.2. The number of rotatable bonds is 8. The van der Waals surface area contributed by atoms with Crippen LogP contribution in [0.3, 0.4) is 0 Å². The number of thioether (sulfide) groups is 1. The number of ketones is 1. The topological polar surface area (TPSA) is 59.3 Å². The van der Waals surface area contributed by atoms with Crippen LogP contribution in [0.2, 0.25) is 0 Å². The second-order valence-corrected chi connectivity index (χ2v) is 10.2. The molecule has 41 heavy (non-hydrogen) atoms. The van der Waals surface area contributed by atoms with Gasteiger partial charge in [0.05, 0.1) is 17.1 Å². The van der Waals surface area contributed by atoms with E-state index >= 15 is 0 Å². The molecule has 0 unspecified atom stereocenters. The van der Waals surface area contributed by atoms with Gasteiger partial charge in [0.25, 0.3) is 0 Å². The minimum atomic E-state index is -0.116. The van der Waals surface area contributed by atoms with E-state index in [9.17, 15) is 4.79 Å². The van der Waals surface area contributed by atoms with E-state index in [-0.39, 0.29) is 5.78 Å². The lowest BCUT2D eigenvalue weighted by molar-refractivity contribution is 0.102. The molecule has 0 spiro atoms. The summed E-state index contributed by atoms with van der Waals surface area (Å²) in [5.41, 5.74) is 8.57. The standard InChI is InChI=1S/C35H26N4OS/c40-34(32-25-31(26-15-5-1-6-16-26)38-39(32)29-21-11-4-12-22-29)30-23-13-14-24-33(30)41-35(27-17-7-2-8-18-27)37-36-28-19-9-3-10-20-28/h1-25,36H/b37-35-. The molecule has 5 nitrogen and oxygen atoms in total. The third-order valence-electron chi connectivity index (χ3n) is 6.43. The van der Waals surface area contributed by atoms with E-state index in [4.69, 9.17) is 10.2 Å². The second-order valence-electron chi connectivity index (χ2n) is 9.22. The van der Waals surface area contributed by atoms with Gasteiger partial charge in [0.2, 0.25) is 5.78 Å². The van der Waals surface area contributed by atoms with Crippen molar-refractivity contribution in [2.45, 2.75) is 4.90 Å². The number of carbonyl (C=O) groups excluding carboxylic acids is 1. The Morgan fingerprint density at radius 2 is 1.27 bits per heavy atom. The van der Waals surface area contributed by atoms with Crippen LogP contribution in [0.4, 0.5) is 5.69 Å². The zero-order chi connectivity index (χ0) is 27.9. The van der Waals surface area contributed by atoms with Gasteiger partial charge in [-0.2, -0.15) is 10.2 Å². The van der Waals surface area contributed by atoms with E-state index in [1.807, 2.05) is 152 Å². The molecule has 0 saturated heterocycles. The first-order chi connectivity index (χ1) is 20.3. The van der Waals surface area contributed by atoms with Gasteiger partial charge in [-0.3, -0.25) is 10.2 Å². The molecular formula is C35H26N4OS. The van der Waals surface area contributed by atoms with Crippen molar-refractivity contribution in [3.63, 3.8) is 0 Å². The number of nitrogens with zero attached hydrogens (tertiary/aromatic N) is 3. The zero-order valence-electron chi connectivity index (χ0n) is 22.1. The SMILES string of the molecule is O=C(c1ccccc1S/C(=N\Nc1ccccc1)c1ccccc1)c1cc(-c2ccccc2)nn1-c1ccccc1. The highest BCUT2D eigenvalue weighted by molar-refractivity contribution is 8.14. The molecule has 0 saturated carbocycles. The highest BCUT2D eigenvalue weighted by Crippen LogP contribution is 2.31. The van der Waals surface area contributed by atoms with Crippen molar-refractivity contribution < 1.29 is 4.79 Å². The smallest absolute Gasteiger partial charge is 0.212 e. The Hall–Kier alpha value is -5.20. The Morgan fingerprint density at radius 1 is 0.683 bits per heavy atom. The van der Waals surface area contributed by atoms with Crippen LogP contribution in [0, 0.1) is 0 Å². The average Bonchev–Trinajstić information content (AvgIpc) is 3.50. The summed E-state index contributed by atoms with van der Waals surface area (Å²) in [5.74, 6) is -0.116. The minimum absolute atomic E-state index is 0.116. The highest BCUT2D eigenvalue weighted by Gasteiger charge is 2.22. The summed E-state index contributed by atoms with van der Waals surface area (Å²) in [5, 5.41) is 10.3. The number of anilines is 1. The van der Waals surface area contributed by atoms with Crippen molar-refractivity contribution in [2.75, 3.05) is 5.43 Å². The van der Waals surface area contributed by atoms with Gasteiger partial charge in [-0.05, 0) is 42.5 Å². The summed E-state index contributed by atoms with van der Waals surface area (Å²) >= 11 is 1.45. The van der Waals surface area contributed by atoms with Crippen LogP contribution in [0.25, 0.3) is 16.9 Å². The molecule has 0 amide bonds. The van der Waals surface area contributed by atoms with Crippen LogP contribution in [0.5, 0.6) is 0 Å². The van der Waals surface area contributed by atoms with Crippen molar-refractivity contribution >= 4 is 28.3 Å². The molecule has 0 bridgehead atoms. The number of para-hydroxylation sites is 2. The Morgan fingerprint density at radius 3 is 1.98 bits per heavy atom. The molecule has 5 aromatic carbocycles. The number of carbonyl (C=O) groups is 1. The molecule has 6 rings (SSSR count). The summed E-state index contributed by atoms with van der Waals surface area (Å²) < 4.78 is 1.73. The maximum absolute atomic E-state index is 14.3. The fourth-order valence-corrected chi connectivity index (χ4v) is 5.37. The van der Waals surface area contributed by atoms with Gasteiger partial charge >= 0.3 is 0 Å². The van der Waals surface area contributed by atoms with E-state index in [1.54, 1.807) is 4.68 Å². The van der Waals surface area contributed by atoms with Crippen molar-refractivity contribution in [2.24, 2.45) is 5.10 Å². The lowest BCUT2D eigenvalue weighted by Gasteiger charge is -2.12. The molecule has 0 radical (unpaired) electrons. The number of hydrogen-bond donors (Lipinski definition) is 1. The van der Waals surface area contributed by atoms with E-state index in [0.29, 0.717) is 11.3 Å². The maximum Gasteiger partial charge on any atom is 0.212 e. The molecule has 0 fully saturated rings. The third kappa shape index (κ3) is 6.03. The average molecular weight is 551 g/mol. The predicted molar refractivity (Wildman–Crippen MR) is 168 cm³/mol. The van der Waals surface area contributed by atoms with Crippen molar-refractivity contribution in [1.29, 1.82) is 0 Å². The number of hydrazone groups is 1. The van der Waals surface area contributed by atoms with Crippen molar-refractivity contribution in [3.05, 3.63) is 168 Å². The minimum Gasteiger partial charge on any atom is -0.287 e. The van der Waals surface area contributed by atoms with E-state index in [2.05, 4.69) is 5.43 Å². The summed E-state index contributed by atoms with van der Waals surface area (Å²) in [7, 11) is 0. The predicted octanol–water partition coefficient (Wildman–Crippen LogP) is 8.34. The molecule has 6 aromatic rings. The van der Waals surface area contributed by atoms with Crippen molar-refractivity contribution in [1.82, 2.24) is 9.78 Å². The molecule has 1 heterocycles. The Labute approximate surface area is 243 Å². The van der Waals surface area contributed by atoms with Gasteiger partial charge in [0, 0.05) is 21.6 Å². The fourth-order valence-electron chi connectivity index (χ4n) is 4.40. The van der Waals surface area contributed by atoms with E-state index in [0.717, 1.165) is 38.1 Å². The molecule has 0 aliphatic rings. The zero-order valence-corrected chi connectivity index (χ0v) is 22.9. The Bertz CT molecular complexity index is 1780. The monoisotopic (exact) mass is 550 g/mol. The van der Waals surface area contributed by atoms with Gasteiger partial charge in [-0.1, -0.05) is 121 Å². The first kappa shape index (κ1) is 26.0. The molecule has 0 aliphatic carbocycles. The van der Waals surface area contributed by atoms with Gasteiger partial charge in [0.1, 0.15) is 10.7 Å². The van der Waals surface area contributed by atoms with Crippen LogP contribution < -0.4 is 5.43 Å². The van der Waals surface area contributed by atoms with Gasteiger partial charge in [0.15, 0.2) is 0 Å². The van der Waals surface area contributed by atoms with E-state index < -0.39 is 0 Å². The lowest BCUT2D eigenvalue weighted by atomic mass is 10.1.